The lowest BCUT2D eigenvalue weighted by Gasteiger charge is -2.28. The van der Waals surface area contributed by atoms with Crippen LogP contribution in [-0.4, -0.2) is 36.1 Å². The van der Waals surface area contributed by atoms with Gasteiger partial charge in [0.15, 0.2) is 17.3 Å². The lowest BCUT2D eigenvalue weighted by atomic mass is 9.94. The van der Waals surface area contributed by atoms with Crippen LogP contribution in [0.15, 0.2) is 58.9 Å². The second-order valence-corrected chi connectivity index (χ2v) is 6.75. The Morgan fingerprint density at radius 2 is 1.74 bits per heavy atom. The fraction of sp³-hybridized carbons (Fsp3) is 0.286. The SMILES string of the molecule is CCOC(=O)C1=C(C)NC(c2ccccn2)=NC1c1cccc(OC(F)(F)F)c1OC(F)(F)F. The standard InChI is InChI=1S/C21H17F6N3O4/c1-3-32-19(31)15-11(2)29-18(13-8-4-5-10-28-13)30-16(15)12-7-6-9-14(33-20(22,23)24)17(12)34-21(25,26)27/h4-10,16H,3H2,1-2H3,(H,29,30). The van der Waals surface area contributed by atoms with E-state index in [0.717, 1.165) is 12.1 Å². The van der Waals surface area contributed by atoms with E-state index in [-0.39, 0.29) is 29.4 Å². The van der Waals surface area contributed by atoms with Gasteiger partial charge in [0.25, 0.3) is 0 Å². The Bertz CT molecular complexity index is 1110. The smallest absolute Gasteiger partial charge is 0.463 e. The van der Waals surface area contributed by atoms with E-state index in [2.05, 4.69) is 24.8 Å². The summed E-state index contributed by atoms with van der Waals surface area (Å²) in [6.45, 7) is 2.89. The molecule has 1 N–H and O–H groups in total. The minimum Gasteiger partial charge on any atom is -0.463 e. The minimum atomic E-state index is -5.37. The normalized spacial score (nSPS) is 16.5. The molecular weight excluding hydrogens is 472 g/mol. The van der Waals surface area contributed by atoms with E-state index in [1.807, 2.05) is 0 Å². The van der Waals surface area contributed by atoms with Gasteiger partial charge in [-0.15, -0.1) is 26.3 Å². The third kappa shape index (κ3) is 5.97. The molecule has 3 rings (SSSR count). The number of nitrogens with one attached hydrogen (secondary N) is 1. The molecular formula is C21H17F6N3O4. The molecule has 0 spiro atoms. The molecule has 2 aromatic rings. The van der Waals surface area contributed by atoms with Crippen molar-refractivity contribution in [3.05, 3.63) is 65.1 Å². The molecule has 2 heterocycles. The first-order valence-corrected chi connectivity index (χ1v) is 9.68. The number of benzene rings is 1. The largest absolute Gasteiger partial charge is 0.573 e. The Morgan fingerprint density at radius 1 is 1.03 bits per heavy atom. The molecule has 1 aromatic carbocycles. The molecule has 0 fully saturated rings. The summed E-state index contributed by atoms with van der Waals surface area (Å²) in [6.07, 6.45) is -9.25. The van der Waals surface area contributed by atoms with Crippen LogP contribution in [0.2, 0.25) is 0 Å². The Hall–Kier alpha value is -3.77. The predicted octanol–water partition coefficient (Wildman–Crippen LogP) is 4.81. The predicted molar refractivity (Wildman–Crippen MR) is 106 cm³/mol. The van der Waals surface area contributed by atoms with Gasteiger partial charge in [-0.3, -0.25) is 9.98 Å². The molecule has 0 bridgehead atoms. The molecule has 0 amide bonds. The first kappa shape index (κ1) is 24.9. The molecule has 0 radical (unpaired) electrons. The number of para-hydroxylation sites is 1. The molecule has 182 valence electrons. The highest BCUT2D eigenvalue weighted by atomic mass is 19.4. The zero-order valence-corrected chi connectivity index (χ0v) is 17.6. The molecule has 1 aliphatic heterocycles. The van der Waals surface area contributed by atoms with Crippen molar-refractivity contribution in [3.8, 4) is 11.5 Å². The molecule has 0 aliphatic carbocycles. The summed E-state index contributed by atoms with van der Waals surface area (Å²) < 4.78 is 90.9. The summed E-state index contributed by atoms with van der Waals surface area (Å²) in [6, 6.07) is 5.97. The van der Waals surface area contributed by atoms with Crippen LogP contribution in [0.1, 0.15) is 31.1 Å². The number of ether oxygens (including phenoxy) is 3. The van der Waals surface area contributed by atoms with Crippen molar-refractivity contribution >= 4 is 11.8 Å². The number of aliphatic imine (C=N–C) groups is 1. The average Bonchev–Trinajstić information content (AvgIpc) is 2.73. The number of hydrogen-bond donors (Lipinski definition) is 1. The maximum Gasteiger partial charge on any atom is 0.573 e. The molecule has 1 unspecified atom stereocenters. The van der Waals surface area contributed by atoms with Crippen LogP contribution in [0.25, 0.3) is 0 Å². The van der Waals surface area contributed by atoms with Gasteiger partial charge in [0.1, 0.15) is 11.7 Å². The summed E-state index contributed by atoms with van der Waals surface area (Å²) in [5, 5.41) is 2.83. The van der Waals surface area contributed by atoms with Crippen molar-refractivity contribution in [1.82, 2.24) is 10.3 Å². The van der Waals surface area contributed by atoms with E-state index >= 15 is 0 Å². The molecule has 1 atom stereocenters. The highest BCUT2D eigenvalue weighted by molar-refractivity contribution is 6.02. The van der Waals surface area contributed by atoms with Crippen molar-refractivity contribution in [2.24, 2.45) is 4.99 Å². The number of rotatable bonds is 6. The Labute approximate surface area is 189 Å². The third-order valence-corrected chi connectivity index (χ3v) is 4.39. The van der Waals surface area contributed by atoms with Crippen LogP contribution in [0.3, 0.4) is 0 Å². The van der Waals surface area contributed by atoms with Crippen molar-refractivity contribution in [2.45, 2.75) is 32.6 Å². The quantitative estimate of drug-likeness (QED) is 0.464. The van der Waals surface area contributed by atoms with E-state index in [1.165, 1.54) is 20.0 Å². The summed E-state index contributed by atoms with van der Waals surface area (Å²) in [7, 11) is 0. The number of pyridine rings is 1. The lowest BCUT2D eigenvalue weighted by Crippen LogP contribution is -2.33. The second-order valence-electron chi connectivity index (χ2n) is 6.75. The Kier molecular flexibility index (Phi) is 7.03. The van der Waals surface area contributed by atoms with Gasteiger partial charge in [0.2, 0.25) is 0 Å². The number of carbonyl (C=O) groups excluding carboxylic acids is 1. The van der Waals surface area contributed by atoms with Gasteiger partial charge >= 0.3 is 18.7 Å². The minimum absolute atomic E-state index is 0.0660. The fourth-order valence-electron chi connectivity index (χ4n) is 3.19. The molecule has 13 heteroatoms. The number of amidine groups is 1. The summed E-state index contributed by atoms with van der Waals surface area (Å²) >= 11 is 0. The number of nitrogens with zero attached hydrogens (tertiary/aromatic N) is 2. The Morgan fingerprint density at radius 3 is 2.32 bits per heavy atom. The molecule has 1 aromatic heterocycles. The topological polar surface area (TPSA) is 82.0 Å². The van der Waals surface area contributed by atoms with Crippen molar-refractivity contribution in [3.63, 3.8) is 0 Å². The van der Waals surface area contributed by atoms with E-state index in [1.54, 1.807) is 18.2 Å². The van der Waals surface area contributed by atoms with E-state index in [4.69, 9.17) is 4.74 Å². The van der Waals surface area contributed by atoms with Crippen LogP contribution in [-0.2, 0) is 9.53 Å². The first-order chi connectivity index (χ1) is 15.9. The zero-order valence-electron chi connectivity index (χ0n) is 17.6. The molecule has 34 heavy (non-hydrogen) atoms. The summed E-state index contributed by atoms with van der Waals surface area (Å²) in [5.74, 6) is -3.41. The number of aromatic nitrogens is 1. The van der Waals surface area contributed by atoms with E-state index in [9.17, 15) is 31.1 Å². The lowest BCUT2D eigenvalue weighted by molar-refractivity contribution is -0.287. The van der Waals surface area contributed by atoms with Crippen LogP contribution >= 0.6 is 0 Å². The Balaban J connectivity index is 2.24. The fourth-order valence-corrected chi connectivity index (χ4v) is 3.19. The van der Waals surface area contributed by atoms with Crippen LogP contribution < -0.4 is 14.8 Å². The number of carbonyl (C=O) groups is 1. The maximum absolute atomic E-state index is 13.2. The molecule has 0 saturated heterocycles. The molecule has 1 aliphatic rings. The van der Waals surface area contributed by atoms with Gasteiger partial charge in [-0.05, 0) is 32.0 Å². The van der Waals surface area contributed by atoms with Crippen LogP contribution in [0, 0.1) is 0 Å². The molecule has 7 nitrogen and oxygen atoms in total. The third-order valence-electron chi connectivity index (χ3n) is 4.39. The van der Waals surface area contributed by atoms with Gasteiger partial charge in [-0.1, -0.05) is 18.2 Å². The highest BCUT2D eigenvalue weighted by Crippen LogP contribution is 2.45. The highest BCUT2D eigenvalue weighted by Gasteiger charge is 2.40. The number of allylic oxidation sites excluding steroid dienone is 1. The first-order valence-electron chi connectivity index (χ1n) is 9.68. The monoisotopic (exact) mass is 489 g/mol. The van der Waals surface area contributed by atoms with Gasteiger partial charge in [-0.2, -0.15) is 0 Å². The summed E-state index contributed by atoms with van der Waals surface area (Å²) in [5.41, 5.74) is -0.302. The van der Waals surface area contributed by atoms with Gasteiger partial charge in [0, 0.05) is 17.5 Å². The second kappa shape index (κ2) is 9.61. The van der Waals surface area contributed by atoms with E-state index in [0.29, 0.717) is 6.07 Å². The van der Waals surface area contributed by atoms with Gasteiger partial charge in [-0.25, -0.2) is 4.79 Å². The number of halogens is 6. The molecule has 0 saturated carbocycles. The maximum atomic E-state index is 13.2. The zero-order chi connectivity index (χ0) is 25.1. The van der Waals surface area contributed by atoms with Crippen LogP contribution in [0.4, 0.5) is 26.3 Å². The van der Waals surface area contributed by atoms with Crippen molar-refractivity contribution < 1.29 is 45.3 Å². The summed E-state index contributed by atoms with van der Waals surface area (Å²) in [4.78, 5) is 21.1. The van der Waals surface area contributed by atoms with Gasteiger partial charge in [0.05, 0.1) is 12.2 Å². The number of esters is 1. The van der Waals surface area contributed by atoms with E-state index < -0.39 is 41.8 Å². The van der Waals surface area contributed by atoms with Crippen molar-refractivity contribution in [2.75, 3.05) is 6.61 Å². The van der Waals surface area contributed by atoms with Crippen LogP contribution in [0.5, 0.6) is 11.5 Å². The number of hydrogen-bond acceptors (Lipinski definition) is 7. The van der Waals surface area contributed by atoms with Gasteiger partial charge < -0.3 is 19.5 Å². The average molecular weight is 489 g/mol. The number of alkyl halides is 6. The van der Waals surface area contributed by atoms with Crippen molar-refractivity contribution in [1.29, 1.82) is 0 Å².